The topological polar surface area (TPSA) is 188 Å². The summed E-state index contributed by atoms with van der Waals surface area (Å²) in [5.41, 5.74) is -1.84. The highest BCUT2D eigenvalue weighted by Crippen LogP contribution is 2.27. The highest BCUT2D eigenvalue weighted by atomic mass is 19.4. The predicted molar refractivity (Wildman–Crippen MR) is 155 cm³/mol. The highest BCUT2D eigenvalue weighted by molar-refractivity contribution is 5.98. The Bertz CT molecular complexity index is 1310. The van der Waals surface area contributed by atoms with Crippen LogP contribution < -0.4 is 10.6 Å². The van der Waals surface area contributed by atoms with Gasteiger partial charge in [-0.15, -0.1) is 0 Å². The van der Waals surface area contributed by atoms with Crippen LogP contribution >= 0.6 is 0 Å². The monoisotopic (exact) mass is 676 g/mol. The molecule has 1 aromatic carbocycles. The average Bonchev–Trinajstić information content (AvgIpc) is 3.02. The van der Waals surface area contributed by atoms with Crippen LogP contribution in [-0.4, -0.2) is 79.3 Å². The molecule has 0 aliphatic carbocycles. The van der Waals surface area contributed by atoms with Crippen LogP contribution in [0.25, 0.3) is 0 Å². The van der Waals surface area contributed by atoms with E-state index in [9.17, 15) is 40.7 Å². The van der Waals surface area contributed by atoms with Gasteiger partial charge in [-0.05, 0) is 71.8 Å². The second-order valence-corrected chi connectivity index (χ2v) is 9.95. The van der Waals surface area contributed by atoms with Gasteiger partial charge in [0, 0.05) is 24.5 Å². The molecule has 0 fully saturated rings. The minimum Gasteiger partial charge on any atom is -0.478 e. The summed E-state index contributed by atoms with van der Waals surface area (Å²) in [4.78, 5) is 45.9. The lowest BCUT2D eigenvalue weighted by molar-refractivity contribution is -0.142. The summed E-state index contributed by atoms with van der Waals surface area (Å²) in [7, 11) is 3.67. The zero-order chi connectivity index (χ0) is 35.9. The van der Waals surface area contributed by atoms with Gasteiger partial charge in [-0.3, -0.25) is 9.97 Å². The number of carbonyl (C=O) groups is 3. The Hall–Kier alpha value is -4.71. The summed E-state index contributed by atoms with van der Waals surface area (Å²) in [6.07, 6.45) is -2.03. The number of carboxylic acid groups (broad SMARTS) is 3. The van der Waals surface area contributed by atoms with Crippen molar-refractivity contribution < 1.29 is 56.0 Å². The van der Waals surface area contributed by atoms with Crippen molar-refractivity contribution in [3.8, 4) is 0 Å². The van der Waals surface area contributed by atoms with Crippen molar-refractivity contribution in [3.63, 3.8) is 0 Å². The van der Waals surface area contributed by atoms with E-state index in [0.717, 1.165) is 43.4 Å². The summed E-state index contributed by atoms with van der Waals surface area (Å²) in [6, 6.07) is 3.32. The summed E-state index contributed by atoms with van der Waals surface area (Å²) in [5, 5.41) is 31.9. The first-order valence-corrected chi connectivity index (χ1v) is 13.7. The number of hydrogen-bond acceptors (Lipinski definition) is 9. The maximum atomic E-state index is 12.2. The van der Waals surface area contributed by atoms with Crippen molar-refractivity contribution in [1.82, 2.24) is 30.6 Å². The molecule has 0 unspecified atom stereocenters. The van der Waals surface area contributed by atoms with Crippen LogP contribution in [-0.2, 0) is 25.2 Å². The van der Waals surface area contributed by atoms with Gasteiger partial charge < -0.3 is 26.0 Å². The maximum Gasteiger partial charge on any atom is 0.434 e. The lowest BCUT2D eigenvalue weighted by Gasteiger charge is -2.09. The fourth-order valence-corrected chi connectivity index (χ4v) is 3.28. The minimum absolute atomic E-state index is 0.309. The molecule has 47 heavy (non-hydrogen) atoms. The van der Waals surface area contributed by atoms with E-state index in [0.29, 0.717) is 36.3 Å². The zero-order valence-corrected chi connectivity index (χ0v) is 25.6. The highest BCUT2D eigenvalue weighted by Gasteiger charge is 2.33. The van der Waals surface area contributed by atoms with Gasteiger partial charge in [0.15, 0.2) is 11.4 Å². The number of benzene rings is 1. The van der Waals surface area contributed by atoms with Crippen molar-refractivity contribution in [2.24, 2.45) is 0 Å². The molecule has 0 aliphatic heterocycles. The number of alkyl halides is 6. The Balaban J connectivity index is 0.000000353. The van der Waals surface area contributed by atoms with Crippen LogP contribution in [0.1, 0.15) is 80.5 Å². The number of aromatic nitrogens is 4. The van der Waals surface area contributed by atoms with Gasteiger partial charge in [0.2, 0.25) is 0 Å². The number of hydrogen-bond donors (Lipinski definition) is 5. The SMILES string of the molecule is CN[C@@H](C)CCc1cnc(C(F)(F)F)cn1.CN[C@@H](C)CCc1cnc(C(F)(F)F)cn1.O=C(O)c1cc(C(=O)O)cc(C(=O)O)c1. The molecule has 2 heterocycles. The molecule has 12 nitrogen and oxygen atoms in total. The number of rotatable bonds is 11. The van der Waals surface area contributed by atoms with Crippen LogP contribution in [0.15, 0.2) is 43.0 Å². The van der Waals surface area contributed by atoms with E-state index >= 15 is 0 Å². The van der Waals surface area contributed by atoms with Crippen LogP contribution in [0.5, 0.6) is 0 Å². The molecule has 3 aromatic rings. The molecule has 0 saturated heterocycles. The van der Waals surface area contributed by atoms with Gasteiger partial charge in [-0.25, -0.2) is 24.4 Å². The van der Waals surface area contributed by atoms with E-state index in [-0.39, 0.29) is 16.7 Å². The van der Waals surface area contributed by atoms with Crippen molar-refractivity contribution in [1.29, 1.82) is 0 Å². The number of aryl methyl sites for hydroxylation is 2. The van der Waals surface area contributed by atoms with Crippen LogP contribution in [0.4, 0.5) is 26.3 Å². The standard InChI is InChI=1S/2C10H14F3N3.C9H6O6/c2*1-7(14-2)3-4-8-5-16-9(6-15-8)10(11,12)13;10-7(11)4-1-5(8(12)13)3-6(2-4)9(14)15/h2*5-7,14H,3-4H2,1-2H3;1-3H,(H,10,11)(H,12,13)(H,14,15)/t2*7-;/m00./s1. The van der Waals surface area contributed by atoms with Crippen molar-refractivity contribution in [2.45, 2.75) is 64.0 Å². The molecule has 0 saturated carbocycles. The molecule has 0 bridgehead atoms. The van der Waals surface area contributed by atoms with E-state index in [1.54, 1.807) is 0 Å². The molecule has 2 atom stereocenters. The smallest absolute Gasteiger partial charge is 0.434 e. The van der Waals surface area contributed by atoms with E-state index in [1.807, 2.05) is 27.9 Å². The Morgan fingerprint density at radius 2 is 0.915 bits per heavy atom. The molecule has 258 valence electrons. The molecule has 0 aliphatic rings. The molecule has 0 spiro atoms. The van der Waals surface area contributed by atoms with Crippen LogP contribution in [0.3, 0.4) is 0 Å². The van der Waals surface area contributed by atoms with Gasteiger partial charge in [0.05, 0.1) is 40.5 Å². The van der Waals surface area contributed by atoms with Gasteiger partial charge in [0.25, 0.3) is 0 Å². The summed E-state index contributed by atoms with van der Waals surface area (Å²) in [6.45, 7) is 4.00. The average molecular weight is 677 g/mol. The zero-order valence-electron chi connectivity index (χ0n) is 25.6. The Kier molecular flexibility index (Phi) is 15.8. The number of nitrogens with zero attached hydrogens (tertiary/aromatic N) is 4. The van der Waals surface area contributed by atoms with E-state index in [1.165, 1.54) is 12.4 Å². The largest absolute Gasteiger partial charge is 0.478 e. The van der Waals surface area contributed by atoms with E-state index in [4.69, 9.17) is 15.3 Å². The fraction of sp³-hybridized carbons (Fsp3) is 0.414. The van der Waals surface area contributed by atoms with Gasteiger partial charge in [-0.2, -0.15) is 26.3 Å². The van der Waals surface area contributed by atoms with E-state index in [2.05, 4.69) is 30.6 Å². The minimum atomic E-state index is -4.41. The quantitative estimate of drug-likeness (QED) is 0.174. The predicted octanol–water partition coefficient (Wildman–Crippen LogP) is 4.85. The van der Waals surface area contributed by atoms with Gasteiger partial charge in [0.1, 0.15) is 0 Å². The molecule has 5 N–H and O–H groups in total. The number of carboxylic acids is 3. The lowest BCUT2D eigenvalue weighted by atomic mass is 10.1. The van der Waals surface area contributed by atoms with Gasteiger partial charge in [-0.1, -0.05) is 0 Å². The third kappa shape index (κ3) is 15.0. The fourth-order valence-electron chi connectivity index (χ4n) is 3.28. The third-order valence-corrected chi connectivity index (χ3v) is 6.32. The normalized spacial score (nSPS) is 12.5. The first-order valence-electron chi connectivity index (χ1n) is 13.7. The lowest BCUT2D eigenvalue weighted by Crippen LogP contribution is -2.21. The number of nitrogens with one attached hydrogen (secondary N) is 2. The number of halogens is 6. The van der Waals surface area contributed by atoms with E-state index < -0.39 is 41.6 Å². The first kappa shape index (κ1) is 40.3. The molecular formula is C29H34F6N6O6. The van der Waals surface area contributed by atoms with Crippen molar-refractivity contribution >= 4 is 17.9 Å². The molecule has 0 amide bonds. The summed E-state index contributed by atoms with van der Waals surface area (Å²) in [5.74, 6) is -4.12. The van der Waals surface area contributed by atoms with Gasteiger partial charge >= 0.3 is 30.3 Å². The molecule has 3 rings (SSSR count). The Labute approximate surface area is 265 Å². The van der Waals surface area contributed by atoms with Crippen molar-refractivity contribution in [3.05, 3.63) is 82.5 Å². The summed E-state index contributed by atoms with van der Waals surface area (Å²) >= 11 is 0. The van der Waals surface area contributed by atoms with Crippen molar-refractivity contribution in [2.75, 3.05) is 14.1 Å². The Morgan fingerprint density at radius 3 is 1.11 bits per heavy atom. The second-order valence-electron chi connectivity index (χ2n) is 9.95. The maximum absolute atomic E-state index is 12.2. The molecule has 2 aromatic heterocycles. The second kappa shape index (κ2) is 18.4. The van der Waals surface area contributed by atoms with Crippen LogP contribution in [0, 0.1) is 0 Å². The van der Waals surface area contributed by atoms with Crippen LogP contribution in [0.2, 0.25) is 0 Å². The summed E-state index contributed by atoms with van der Waals surface area (Å²) < 4.78 is 73.1. The molecule has 18 heteroatoms. The number of aromatic carboxylic acids is 3. The first-order chi connectivity index (χ1) is 21.8. The molecule has 0 radical (unpaired) electrons. The molecular weight excluding hydrogens is 642 g/mol. The Morgan fingerprint density at radius 1 is 0.617 bits per heavy atom. The third-order valence-electron chi connectivity index (χ3n) is 6.32.